The third-order valence-corrected chi connectivity index (χ3v) is 20.4. The number of amides is 1. The van der Waals surface area contributed by atoms with Crippen LogP contribution in [0.5, 0.6) is 0 Å². The SMILES string of the molecule is C.C.CON(C)C(=O)[C@H]1CC[C@H]2[C@@H]3CC[C@@H]4C[C@](C)(O)CC[C@@H]4[C@H]3CC[C@]12C.Cc1nccn1C.Cn1ccnc1CC(=O)[C@H]1CC[C@H]2[C@@H]3CC[C@@H]4C[C@](C)(O)CC[C@@H]4[C@H]3CC[C@]12C.[CH2-]CCC.[Li+]. The number of imidazole rings is 2. The van der Waals surface area contributed by atoms with Crippen molar-refractivity contribution in [3.63, 3.8) is 0 Å². The van der Waals surface area contributed by atoms with E-state index in [4.69, 9.17) is 4.84 Å². The fraction of sp³-hybridized carbons (Fsp3) is 0.845. The van der Waals surface area contributed by atoms with Crippen LogP contribution in [-0.4, -0.2) is 71.4 Å². The number of carbonyl (C=O) groups is 2. The van der Waals surface area contributed by atoms with Crippen molar-refractivity contribution in [1.29, 1.82) is 0 Å². The number of carbonyl (C=O) groups excluding carboxylic acids is 2. The minimum absolute atomic E-state index is 0. The average Bonchev–Trinajstić information content (AvgIpc) is 4.07. The van der Waals surface area contributed by atoms with Crippen LogP contribution in [0.2, 0.25) is 0 Å². The quantitative estimate of drug-likeness (QED) is 0.168. The van der Waals surface area contributed by atoms with E-state index in [2.05, 4.69) is 37.7 Å². The van der Waals surface area contributed by atoms with Crippen molar-refractivity contribution in [2.75, 3.05) is 14.2 Å². The van der Waals surface area contributed by atoms with Gasteiger partial charge in [-0.05, 0) is 206 Å². The maximum atomic E-state index is 13.3. The largest absolute Gasteiger partial charge is 1.00 e. The summed E-state index contributed by atoms with van der Waals surface area (Å²) < 4.78 is 3.96. The summed E-state index contributed by atoms with van der Waals surface area (Å²) in [5, 5.41) is 22.5. The first-order valence-electron chi connectivity index (χ1n) is 26.8. The molecule has 0 radical (unpaired) electrons. The second-order valence-corrected chi connectivity index (χ2v) is 24.3. The molecule has 8 fully saturated rings. The molecule has 10 rings (SSSR count). The van der Waals surface area contributed by atoms with Gasteiger partial charge in [0.05, 0.1) is 24.7 Å². The van der Waals surface area contributed by atoms with Crippen molar-refractivity contribution < 1.29 is 43.5 Å². The average molecular weight is 954 g/mol. The van der Waals surface area contributed by atoms with Crippen LogP contribution in [0.15, 0.2) is 24.8 Å². The zero-order valence-electron chi connectivity index (χ0n) is 44.1. The molecule has 0 spiro atoms. The van der Waals surface area contributed by atoms with Crippen LogP contribution < -0.4 is 18.9 Å². The Kier molecular flexibility index (Phi) is 21.1. The van der Waals surface area contributed by atoms with E-state index in [1.165, 1.54) is 88.5 Å². The molecular formula is C58H100LiN5O5. The Hall–Kier alpha value is -1.96. The zero-order valence-corrected chi connectivity index (χ0v) is 44.1. The maximum Gasteiger partial charge on any atom is 1.00 e. The van der Waals surface area contributed by atoms with Crippen molar-refractivity contribution in [3.05, 3.63) is 43.4 Å². The number of hydrogen-bond donors (Lipinski definition) is 2. The topological polar surface area (TPSA) is 123 Å². The van der Waals surface area contributed by atoms with Crippen molar-refractivity contribution in [2.24, 2.45) is 95.9 Å². The number of nitrogens with zero attached hydrogens (tertiary/aromatic N) is 5. The summed E-state index contributed by atoms with van der Waals surface area (Å²) in [5.41, 5.74) is -0.533. The molecule has 0 aromatic carbocycles. The normalized spacial score (nSPS) is 40.0. The standard InChI is InChI=1S/C25H38N2O2.C22H37NO3.C5H8N2.C4H9.2CH4.Li/c1-24(29)10-8-17-16(15-24)4-5-19-18(17)9-11-25(2)20(19)6-7-21(25)22(28)14-23-26-12-13-27(23)3;1-21(25)11-9-15-14(13-21)5-6-17-16(15)10-12-22(2)18(17)7-8-19(22)20(24)23(3)26-4;1-5-6-3-4-7(5)2;1-3-4-2;;;/h12-13,16-21,29H,4-11,14-15H2,1-3H3;14-19,25H,5-13H2,1-4H3;3-4H,1-2H3;1,3-4H2,2H3;2*1H4;/q;;;-1;;;+1/t16-,17+,18-,19-,20+,21-,24-,25+;14-,15+,16-,17-,18+,19-,21-,22+;;;;;/m11...../s1. The molecule has 2 aromatic heterocycles. The molecule has 388 valence electrons. The summed E-state index contributed by atoms with van der Waals surface area (Å²) in [5.74, 6) is 10.7. The van der Waals surface area contributed by atoms with E-state index in [0.29, 0.717) is 18.1 Å². The van der Waals surface area contributed by atoms with Crippen molar-refractivity contribution in [3.8, 4) is 0 Å². The van der Waals surface area contributed by atoms with Gasteiger partial charge in [-0.1, -0.05) is 42.0 Å². The third-order valence-electron chi connectivity index (χ3n) is 20.4. The number of ketones is 1. The van der Waals surface area contributed by atoms with E-state index in [1.54, 1.807) is 26.6 Å². The van der Waals surface area contributed by atoms with Gasteiger partial charge in [-0.2, -0.15) is 6.42 Å². The van der Waals surface area contributed by atoms with E-state index in [9.17, 15) is 19.8 Å². The number of unbranched alkanes of at least 4 members (excludes halogenated alkanes) is 1. The van der Waals surface area contributed by atoms with Crippen LogP contribution >= 0.6 is 0 Å². The van der Waals surface area contributed by atoms with Crippen molar-refractivity contribution in [2.45, 2.75) is 202 Å². The Labute approximate surface area is 433 Å². The molecule has 8 aliphatic carbocycles. The predicted molar refractivity (Wildman–Crippen MR) is 276 cm³/mol. The van der Waals surface area contributed by atoms with Gasteiger partial charge in [0.15, 0.2) is 0 Å². The fourth-order valence-corrected chi connectivity index (χ4v) is 16.7. The van der Waals surface area contributed by atoms with Crippen LogP contribution in [0, 0.1) is 95.7 Å². The summed E-state index contributed by atoms with van der Waals surface area (Å²) in [7, 11) is 7.30. The van der Waals surface area contributed by atoms with Gasteiger partial charge in [-0.15, -0.1) is 0 Å². The van der Waals surface area contributed by atoms with E-state index in [-0.39, 0.29) is 62.3 Å². The number of hydrogen-bond acceptors (Lipinski definition) is 7. The first kappa shape index (κ1) is 59.6. The molecule has 69 heavy (non-hydrogen) atoms. The number of hydroxylamine groups is 2. The van der Waals surface area contributed by atoms with Crippen LogP contribution in [0.4, 0.5) is 0 Å². The third kappa shape index (κ3) is 12.5. The minimum atomic E-state index is -0.438. The molecule has 2 heterocycles. The van der Waals surface area contributed by atoms with Crippen LogP contribution in [-0.2, 0) is 34.9 Å². The number of rotatable bonds is 6. The molecule has 0 unspecified atom stereocenters. The molecule has 16 atom stereocenters. The number of aryl methyl sites for hydroxylation is 3. The summed E-state index contributed by atoms with van der Waals surface area (Å²) in [6.45, 7) is 16.6. The molecule has 0 bridgehead atoms. The van der Waals surface area contributed by atoms with Gasteiger partial charge in [0, 0.05) is 57.8 Å². The van der Waals surface area contributed by atoms with Crippen molar-refractivity contribution >= 4 is 11.7 Å². The van der Waals surface area contributed by atoms with Gasteiger partial charge >= 0.3 is 18.9 Å². The van der Waals surface area contributed by atoms with Gasteiger partial charge in [0.1, 0.15) is 17.4 Å². The Morgan fingerprint density at radius 2 is 1.14 bits per heavy atom. The zero-order chi connectivity index (χ0) is 47.8. The second kappa shape index (κ2) is 24.4. The van der Waals surface area contributed by atoms with E-state index in [0.717, 1.165) is 110 Å². The summed E-state index contributed by atoms with van der Waals surface area (Å²) >= 11 is 0. The second-order valence-electron chi connectivity index (χ2n) is 24.3. The maximum absolute atomic E-state index is 13.3. The molecule has 0 saturated heterocycles. The van der Waals surface area contributed by atoms with Crippen LogP contribution in [0.1, 0.15) is 190 Å². The van der Waals surface area contributed by atoms with Gasteiger partial charge in [-0.25, -0.2) is 15.0 Å². The molecular weight excluding hydrogens is 854 g/mol. The van der Waals surface area contributed by atoms with E-state index < -0.39 is 11.2 Å². The number of aliphatic hydroxyl groups is 2. The monoisotopic (exact) mass is 954 g/mol. The van der Waals surface area contributed by atoms with Gasteiger partial charge in [-0.3, -0.25) is 14.4 Å². The molecule has 0 aliphatic heterocycles. The van der Waals surface area contributed by atoms with Crippen LogP contribution in [0.3, 0.4) is 0 Å². The van der Waals surface area contributed by atoms with E-state index in [1.807, 2.05) is 56.4 Å². The molecule has 11 heteroatoms. The number of aromatic nitrogens is 4. The van der Waals surface area contributed by atoms with Crippen LogP contribution in [0.25, 0.3) is 0 Å². The molecule has 8 aliphatic rings. The first-order chi connectivity index (χ1) is 31.3. The summed E-state index contributed by atoms with van der Waals surface area (Å²) in [6.07, 6.45) is 31.3. The number of Topliss-reactive ketones (excluding diaryl/α,β-unsaturated/α-hetero) is 1. The number of fused-ring (bicyclic) bond motifs is 10. The molecule has 2 aromatic rings. The fourth-order valence-electron chi connectivity index (χ4n) is 16.7. The predicted octanol–water partition coefficient (Wildman–Crippen LogP) is 9.20. The smallest absolute Gasteiger partial charge is 0.390 e. The Balaban J connectivity index is 0.000000239. The molecule has 2 N–H and O–H groups in total. The first-order valence-corrected chi connectivity index (χ1v) is 26.8. The summed E-state index contributed by atoms with van der Waals surface area (Å²) in [4.78, 5) is 39.8. The Morgan fingerprint density at radius 1 is 0.696 bits per heavy atom. The summed E-state index contributed by atoms with van der Waals surface area (Å²) in [6, 6.07) is 0. The van der Waals surface area contributed by atoms with E-state index >= 15 is 0 Å². The molecule has 1 amide bonds. The molecule has 8 saturated carbocycles. The minimum Gasteiger partial charge on any atom is -0.390 e. The Morgan fingerprint density at radius 3 is 1.55 bits per heavy atom. The van der Waals surface area contributed by atoms with Gasteiger partial charge < -0.3 is 26.3 Å². The Bertz CT molecular complexity index is 1910. The molecule has 10 nitrogen and oxygen atoms in total. The van der Waals surface area contributed by atoms with Gasteiger partial charge in [0.25, 0.3) is 0 Å². The van der Waals surface area contributed by atoms with Crippen molar-refractivity contribution in [1.82, 2.24) is 24.2 Å². The van der Waals surface area contributed by atoms with Gasteiger partial charge in [0.2, 0.25) is 5.91 Å².